The predicted molar refractivity (Wildman–Crippen MR) is 112 cm³/mol. The Hall–Kier alpha value is -3.59. The lowest BCUT2D eigenvalue weighted by Gasteiger charge is -2.23. The third-order valence-electron chi connectivity index (χ3n) is 5.39. The Bertz CT molecular complexity index is 1240. The number of rotatable bonds is 5. The molecule has 1 aromatic carbocycles. The summed E-state index contributed by atoms with van der Waals surface area (Å²) in [5.74, 6) is -1.70. The van der Waals surface area contributed by atoms with Crippen molar-refractivity contribution >= 4 is 17.5 Å². The summed E-state index contributed by atoms with van der Waals surface area (Å²) in [6, 6.07) is 9.70. The molecule has 9 heteroatoms. The zero-order valence-electron chi connectivity index (χ0n) is 17.4. The van der Waals surface area contributed by atoms with Gasteiger partial charge in [-0.1, -0.05) is 24.3 Å². The number of aromatic nitrogens is 2. The first-order chi connectivity index (χ1) is 15.3. The first-order valence-electron chi connectivity index (χ1n) is 10.2. The van der Waals surface area contributed by atoms with Crippen LogP contribution in [0.2, 0.25) is 0 Å². The highest BCUT2D eigenvalue weighted by atomic mass is 19.1. The number of nitrogens with zero attached hydrogens (tertiary/aromatic N) is 3. The number of ether oxygens (including phenoxy) is 1. The summed E-state index contributed by atoms with van der Waals surface area (Å²) in [7, 11) is 0. The van der Waals surface area contributed by atoms with Gasteiger partial charge in [-0.05, 0) is 30.2 Å². The van der Waals surface area contributed by atoms with E-state index in [4.69, 9.17) is 4.74 Å². The van der Waals surface area contributed by atoms with Gasteiger partial charge in [0.2, 0.25) is 5.91 Å². The van der Waals surface area contributed by atoms with Crippen LogP contribution in [0, 0.1) is 12.7 Å². The minimum Gasteiger partial charge on any atom is -0.458 e. The Morgan fingerprint density at radius 2 is 2.03 bits per heavy atom. The van der Waals surface area contributed by atoms with Gasteiger partial charge in [-0.25, -0.2) is 14.2 Å². The van der Waals surface area contributed by atoms with Crippen LogP contribution in [0.5, 0.6) is 0 Å². The second-order valence-corrected chi connectivity index (χ2v) is 7.85. The molecule has 2 aromatic heterocycles. The molecule has 0 radical (unpaired) electrons. The normalized spacial score (nSPS) is 18.2. The van der Waals surface area contributed by atoms with Gasteiger partial charge >= 0.3 is 5.97 Å². The van der Waals surface area contributed by atoms with E-state index in [1.54, 1.807) is 18.3 Å². The van der Waals surface area contributed by atoms with E-state index in [2.05, 4.69) is 4.98 Å². The van der Waals surface area contributed by atoms with Gasteiger partial charge in [0.1, 0.15) is 24.1 Å². The molecule has 1 N–H and O–H groups in total. The van der Waals surface area contributed by atoms with Crippen molar-refractivity contribution in [2.45, 2.75) is 38.5 Å². The molecular weight excluding hydrogens is 417 g/mol. The summed E-state index contributed by atoms with van der Waals surface area (Å²) in [5.41, 5.74) is 1.51. The second kappa shape index (κ2) is 8.88. The van der Waals surface area contributed by atoms with Gasteiger partial charge in [-0.3, -0.25) is 14.0 Å². The monoisotopic (exact) mass is 439 g/mol. The lowest BCUT2D eigenvalue weighted by atomic mass is 10.1. The molecule has 0 bridgehead atoms. The number of halogens is 1. The van der Waals surface area contributed by atoms with E-state index in [0.29, 0.717) is 5.65 Å². The molecule has 0 spiro atoms. The molecule has 3 aromatic rings. The van der Waals surface area contributed by atoms with E-state index in [1.165, 1.54) is 33.6 Å². The van der Waals surface area contributed by atoms with Crippen molar-refractivity contribution in [1.82, 2.24) is 14.3 Å². The predicted octanol–water partition coefficient (Wildman–Crippen LogP) is 1.39. The molecular formula is C23H22FN3O5. The maximum atomic E-state index is 13.9. The van der Waals surface area contributed by atoms with E-state index in [0.717, 1.165) is 5.56 Å². The van der Waals surface area contributed by atoms with Gasteiger partial charge in [-0.2, -0.15) is 0 Å². The number of likely N-dealkylation sites (tertiary alicyclic amines) is 1. The van der Waals surface area contributed by atoms with Gasteiger partial charge in [-0.15, -0.1) is 0 Å². The van der Waals surface area contributed by atoms with Gasteiger partial charge in [0.05, 0.1) is 18.2 Å². The van der Waals surface area contributed by atoms with Crippen LogP contribution in [0.3, 0.4) is 0 Å². The fourth-order valence-corrected chi connectivity index (χ4v) is 3.79. The lowest BCUT2D eigenvalue weighted by molar-refractivity contribution is -0.154. The smallest absolute Gasteiger partial charge is 0.329 e. The molecule has 2 atom stereocenters. The number of carbonyl (C=O) groups excluding carboxylic acids is 2. The Labute approximate surface area is 182 Å². The number of pyridine rings is 1. The molecule has 1 amide bonds. The molecule has 32 heavy (non-hydrogen) atoms. The van der Waals surface area contributed by atoms with Crippen LogP contribution >= 0.6 is 0 Å². The number of aliphatic hydroxyl groups is 1. The van der Waals surface area contributed by atoms with Crippen molar-refractivity contribution in [2.75, 3.05) is 6.54 Å². The molecule has 1 fully saturated rings. The molecule has 1 aliphatic heterocycles. The summed E-state index contributed by atoms with van der Waals surface area (Å²) >= 11 is 0. The summed E-state index contributed by atoms with van der Waals surface area (Å²) in [5, 5.41) is 10.0. The number of hydrogen-bond acceptors (Lipinski definition) is 6. The van der Waals surface area contributed by atoms with Gasteiger partial charge in [0, 0.05) is 25.2 Å². The zero-order valence-corrected chi connectivity index (χ0v) is 17.4. The fourth-order valence-electron chi connectivity index (χ4n) is 3.79. The van der Waals surface area contributed by atoms with E-state index >= 15 is 0 Å². The van der Waals surface area contributed by atoms with Crippen molar-refractivity contribution in [2.24, 2.45) is 0 Å². The summed E-state index contributed by atoms with van der Waals surface area (Å²) in [6.45, 7) is 1.57. The summed E-state index contributed by atoms with van der Waals surface area (Å²) in [6.07, 6.45) is 0.573. The number of aryl methyl sites for hydroxylation is 1. The van der Waals surface area contributed by atoms with Crippen LogP contribution in [-0.2, 0) is 27.4 Å². The lowest BCUT2D eigenvalue weighted by Crippen LogP contribution is -2.42. The molecule has 166 valence electrons. The fraction of sp³-hybridized carbons (Fsp3) is 0.304. The van der Waals surface area contributed by atoms with Crippen LogP contribution in [0.4, 0.5) is 4.39 Å². The minimum atomic E-state index is -0.992. The number of carbonyl (C=O) groups is 2. The Balaban J connectivity index is 1.45. The zero-order chi connectivity index (χ0) is 22.8. The summed E-state index contributed by atoms with van der Waals surface area (Å²) < 4.78 is 20.6. The Kier molecular flexibility index (Phi) is 6.00. The molecule has 1 saturated heterocycles. The highest BCUT2D eigenvalue weighted by Gasteiger charge is 2.40. The average molecular weight is 439 g/mol. The molecule has 4 rings (SSSR count). The van der Waals surface area contributed by atoms with E-state index < -0.39 is 29.8 Å². The topological polar surface area (TPSA) is 101 Å². The van der Waals surface area contributed by atoms with Crippen molar-refractivity contribution in [1.29, 1.82) is 0 Å². The minimum absolute atomic E-state index is 0.0227. The number of hydrogen-bond donors (Lipinski definition) is 1. The van der Waals surface area contributed by atoms with Crippen LogP contribution in [0.15, 0.2) is 53.5 Å². The van der Waals surface area contributed by atoms with E-state index in [9.17, 15) is 23.9 Å². The molecule has 0 aliphatic carbocycles. The number of aliphatic hydroxyl groups excluding tert-OH is 1. The van der Waals surface area contributed by atoms with Crippen LogP contribution in [0.1, 0.15) is 23.2 Å². The number of benzene rings is 1. The molecule has 0 saturated carbocycles. The molecule has 3 heterocycles. The van der Waals surface area contributed by atoms with Crippen LogP contribution in [0.25, 0.3) is 5.65 Å². The van der Waals surface area contributed by atoms with Crippen molar-refractivity contribution < 1.29 is 23.8 Å². The third kappa shape index (κ3) is 4.52. The Morgan fingerprint density at radius 3 is 2.81 bits per heavy atom. The van der Waals surface area contributed by atoms with E-state index in [-0.39, 0.29) is 42.8 Å². The van der Waals surface area contributed by atoms with Gasteiger partial charge in [0.15, 0.2) is 0 Å². The number of amides is 1. The van der Waals surface area contributed by atoms with Crippen molar-refractivity contribution in [3.63, 3.8) is 0 Å². The number of fused-ring (bicyclic) bond motifs is 1. The Morgan fingerprint density at radius 1 is 1.25 bits per heavy atom. The maximum absolute atomic E-state index is 13.9. The quantitative estimate of drug-likeness (QED) is 0.603. The average Bonchev–Trinajstić information content (AvgIpc) is 3.16. The highest BCUT2D eigenvalue weighted by molar-refractivity contribution is 5.86. The first kappa shape index (κ1) is 21.6. The number of β-amino-alcohol motifs (C(OH)–C–C–N with tert-alkyl or cyclic N) is 1. The highest BCUT2D eigenvalue weighted by Crippen LogP contribution is 2.21. The molecule has 1 aliphatic rings. The largest absolute Gasteiger partial charge is 0.458 e. The van der Waals surface area contributed by atoms with Crippen LogP contribution in [-0.4, -0.2) is 50.0 Å². The first-order valence-corrected chi connectivity index (χ1v) is 10.2. The second-order valence-electron chi connectivity index (χ2n) is 7.85. The standard InChI is InChI=1S/C23H22FN3O5/c1-14-6-7-20-25-16(9-22(30)27(20)11-14)13-32-23(31)19-10-17(28)12-26(19)21(29)8-15-4-2-3-5-18(15)24/h2-7,9,11,17,19,28H,8,10,12-13H2,1H3. The summed E-state index contributed by atoms with van der Waals surface area (Å²) in [4.78, 5) is 43.2. The third-order valence-corrected chi connectivity index (χ3v) is 5.39. The van der Waals surface area contributed by atoms with Crippen molar-refractivity contribution in [3.8, 4) is 0 Å². The SMILES string of the molecule is Cc1ccc2nc(COC(=O)C3CC(O)CN3C(=O)Cc3ccccc3F)cc(=O)n2c1. The van der Waals surface area contributed by atoms with Crippen molar-refractivity contribution in [3.05, 3.63) is 81.7 Å². The van der Waals surface area contributed by atoms with Crippen LogP contribution < -0.4 is 5.56 Å². The van der Waals surface area contributed by atoms with Gasteiger partial charge < -0.3 is 14.7 Å². The van der Waals surface area contributed by atoms with E-state index in [1.807, 2.05) is 13.0 Å². The maximum Gasteiger partial charge on any atom is 0.329 e. The number of esters is 1. The van der Waals surface area contributed by atoms with Gasteiger partial charge in [0.25, 0.3) is 5.56 Å². The molecule has 2 unspecified atom stereocenters. The molecule has 8 nitrogen and oxygen atoms in total.